The minimum absolute atomic E-state index is 0.0264. The van der Waals surface area contributed by atoms with Gasteiger partial charge in [0.25, 0.3) is 5.91 Å². The Morgan fingerprint density at radius 3 is 2.44 bits per heavy atom. The van der Waals surface area contributed by atoms with Gasteiger partial charge in [0.15, 0.2) is 20.8 Å². The highest BCUT2D eigenvalue weighted by atomic mass is 32.2. The van der Waals surface area contributed by atoms with Crippen LogP contribution in [0.1, 0.15) is 30.1 Å². The molecule has 1 aliphatic carbocycles. The molecule has 0 N–H and O–H groups in total. The third-order valence-corrected chi connectivity index (χ3v) is 7.96. The van der Waals surface area contributed by atoms with Crippen LogP contribution in [-0.4, -0.2) is 48.1 Å². The van der Waals surface area contributed by atoms with E-state index in [0.29, 0.717) is 10.7 Å². The summed E-state index contributed by atoms with van der Waals surface area (Å²) >= 11 is 1.38. The summed E-state index contributed by atoms with van der Waals surface area (Å²) in [5, 5.41) is 0.473. The van der Waals surface area contributed by atoms with Crippen molar-refractivity contribution in [3.05, 3.63) is 29.8 Å². The van der Waals surface area contributed by atoms with E-state index in [1.807, 2.05) is 4.90 Å². The summed E-state index contributed by atoms with van der Waals surface area (Å²) in [6.07, 6.45) is 1.77. The number of hydrogen-bond acceptors (Lipinski definition) is 5. The number of hydrogen-bond donors (Lipinski definition) is 0. The molecule has 25 heavy (non-hydrogen) atoms. The number of amides is 1. The molecule has 1 aromatic rings. The molecule has 1 amide bonds. The average Bonchev–Trinajstić information content (AvgIpc) is 3.28. The van der Waals surface area contributed by atoms with Gasteiger partial charge in [-0.1, -0.05) is 11.8 Å². The van der Waals surface area contributed by atoms with Gasteiger partial charge in [-0.2, -0.15) is 4.99 Å². The van der Waals surface area contributed by atoms with Crippen molar-refractivity contribution in [1.29, 1.82) is 0 Å². The fourth-order valence-corrected chi connectivity index (χ4v) is 7.16. The Labute approximate surface area is 150 Å². The van der Waals surface area contributed by atoms with Gasteiger partial charge < -0.3 is 4.90 Å². The number of aliphatic imine (C=N–C) groups is 1. The van der Waals surface area contributed by atoms with Gasteiger partial charge >= 0.3 is 0 Å². The van der Waals surface area contributed by atoms with Crippen LogP contribution in [0.15, 0.2) is 29.3 Å². The molecule has 6 nitrogen and oxygen atoms in total. The SMILES string of the molecule is CC(=O)c1ccc(N2C(=NC(=O)C3CC3)S[C@H]3CS(=O)(=O)C[C@@H]32)cc1. The van der Waals surface area contributed by atoms with Crippen molar-refractivity contribution in [2.75, 3.05) is 16.4 Å². The normalized spacial score (nSPS) is 29.0. The maximum absolute atomic E-state index is 12.1. The number of amidine groups is 1. The van der Waals surface area contributed by atoms with Gasteiger partial charge in [-0.15, -0.1) is 0 Å². The predicted molar refractivity (Wildman–Crippen MR) is 97.9 cm³/mol. The van der Waals surface area contributed by atoms with Crippen molar-refractivity contribution in [3.8, 4) is 0 Å². The number of rotatable bonds is 3. The van der Waals surface area contributed by atoms with Gasteiger partial charge in [-0.25, -0.2) is 8.42 Å². The van der Waals surface area contributed by atoms with Crippen LogP contribution in [0.5, 0.6) is 0 Å². The molecule has 0 unspecified atom stereocenters. The number of carbonyl (C=O) groups is 2. The highest BCUT2D eigenvalue weighted by Crippen LogP contribution is 2.41. The van der Waals surface area contributed by atoms with E-state index in [1.54, 1.807) is 24.3 Å². The first-order valence-corrected chi connectivity index (χ1v) is 10.9. The minimum Gasteiger partial charge on any atom is -0.316 e. The first-order chi connectivity index (χ1) is 11.8. The van der Waals surface area contributed by atoms with Gasteiger partial charge in [-0.3, -0.25) is 9.59 Å². The smallest absolute Gasteiger partial charge is 0.251 e. The standard InChI is InChI=1S/C17H18N2O4S2/c1-10(20)11-4-6-13(7-5-11)19-14-8-25(22,23)9-15(14)24-17(19)18-16(21)12-2-3-12/h4-7,12,14-15H,2-3,8-9H2,1H3/t14-,15-/m0/s1. The van der Waals surface area contributed by atoms with Crippen LogP contribution >= 0.6 is 11.8 Å². The topological polar surface area (TPSA) is 83.9 Å². The third-order valence-electron chi connectivity index (χ3n) is 4.75. The molecule has 2 aliphatic heterocycles. The Kier molecular flexibility index (Phi) is 3.99. The van der Waals surface area contributed by atoms with Crippen molar-refractivity contribution in [3.63, 3.8) is 0 Å². The van der Waals surface area contributed by atoms with E-state index in [4.69, 9.17) is 0 Å². The lowest BCUT2D eigenvalue weighted by atomic mass is 10.1. The molecule has 0 bridgehead atoms. The zero-order valence-electron chi connectivity index (χ0n) is 13.7. The first kappa shape index (κ1) is 16.8. The molecule has 3 aliphatic rings. The minimum atomic E-state index is -3.08. The van der Waals surface area contributed by atoms with E-state index in [2.05, 4.69) is 4.99 Å². The number of benzene rings is 1. The molecule has 3 fully saturated rings. The van der Waals surface area contributed by atoms with E-state index >= 15 is 0 Å². The maximum Gasteiger partial charge on any atom is 0.251 e. The zero-order valence-corrected chi connectivity index (χ0v) is 15.3. The Balaban J connectivity index is 1.70. The molecule has 2 saturated heterocycles. The van der Waals surface area contributed by atoms with Gasteiger partial charge in [0.05, 0.1) is 17.5 Å². The second kappa shape index (κ2) is 5.95. The van der Waals surface area contributed by atoms with Crippen molar-refractivity contribution < 1.29 is 18.0 Å². The lowest BCUT2D eigenvalue weighted by Crippen LogP contribution is -2.37. The maximum atomic E-state index is 12.1. The monoisotopic (exact) mass is 378 g/mol. The van der Waals surface area contributed by atoms with Crippen LogP contribution in [0.4, 0.5) is 5.69 Å². The van der Waals surface area contributed by atoms with E-state index < -0.39 is 9.84 Å². The van der Waals surface area contributed by atoms with Crippen LogP contribution in [0.3, 0.4) is 0 Å². The number of sulfone groups is 1. The fraction of sp³-hybridized carbons (Fsp3) is 0.471. The quantitative estimate of drug-likeness (QED) is 0.747. The van der Waals surface area contributed by atoms with Crippen LogP contribution in [0.2, 0.25) is 0 Å². The number of ketones is 1. The number of nitrogens with zero attached hydrogens (tertiary/aromatic N) is 2. The summed E-state index contributed by atoms with van der Waals surface area (Å²) in [7, 11) is -3.08. The average molecular weight is 378 g/mol. The van der Waals surface area contributed by atoms with E-state index in [9.17, 15) is 18.0 Å². The Morgan fingerprint density at radius 1 is 1.16 bits per heavy atom. The second-order valence-electron chi connectivity index (χ2n) is 6.78. The predicted octanol–water partition coefficient (Wildman–Crippen LogP) is 1.90. The molecule has 0 radical (unpaired) electrons. The Morgan fingerprint density at radius 2 is 1.84 bits per heavy atom. The van der Waals surface area contributed by atoms with E-state index in [0.717, 1.165) is 18.5 Å². The molecule has 8 heteroatoms. The first-order valence-electron chi connectivity index (χ1n) is 8.24. The van der Waals surface area contributed by atoms with Crippen molar-refractivity contribution >= 4 is 44.1 Å². The molecular formula is C17H18N2O4S2. The number of anilines is 1. The molecule has 1 saturated carbocycles. The molecule has 0 aromatic heterocycles. The number of Topliss-reactive ketones (excluding diaryl/α,β-unsaturated/α-hetero) is 1. The summed E-state index contributed by atoms with van der Waals surface area (Å²) in [5.74, 6) is 0.0629. The summed E-state index contributed by atoms with van der Waals surface area (Å²) in [6.45, 7) is 1.50. The van der Waals surface area contributed by atoms with Crippen molar-refractivity contribution in [1.82, 2.24) is 0 Å². The van der Waals surface area contributed by atoms with Crippen LogP contribution < -0.4 is 4.90 Å². The van der Waals surface area contributed by atoms with E-state index in [1.165, 1.54) is 18.7 Å². The molecule has 2 atom stereocenters. The van der Waals surface area contributed by atoms with Gasteiger partial charge in [0.2, 0.25) is 0 Å². The fourth-order valence-electron chi connectivity index (χ4n) is 3.24. The lowest BCUT2D eigenvalue weighted by Gasteiger charge is -2.24. The second-order valence-corrected chi connectivity index (χ2v) is 10.1. The van der Waals surface area contributed by atoms with E-state index in [-0.39, 0.29) is 40.4 Å². The molecule has 4 rings (SSSR count). The zero-order chi connectivity index (χ0) is 17.8. The van der Waals surface area contributed by atoms with Crippen molar-refractivity contribution in [2.45, 2.75) is 31.1 Å². The number of carbonyl (C=O) groups excluding carboxylic acids is 2. The highest BCUT2D eigenvalue weighted by molar-refractivity contribution is 8.16. The molecule has 2 heterocycles. The number of fused-ring (bicyclic) bond motifs is 1. The lowest BCUT2D eigenvalue weighted by molar-refractivity contribution is -0.118. The summed E-state index contributed by atoms with van der Waals surface area (Å²) in [4.78, 5) is 29.8. The third kappa shape index (κ3) is 3.25. The molecule has 1 aromatic carbocycles. The Hall–Kier alpha value is -1.67. The van der Waals surface area contributed by atoms with Gasteiger partial charge in [0.1, 0.15) is 0 Å². The van der Waals surface area contributed by atoms with Gasteiger partial charge in [-0.05, 0) is 44.0 Å². The highest BCUT2D eigenvalue weighted by Gasteiger charge is 2.49. The van der Waals surface area contributed by atoms with Crippen molar-refractivity contribution in [2.24, 2.45) is 10.9 Å². The largest absolute Gasteiger partial charge is 0.316 e. The van der Waals surface area contributed by atoms with Gasteiger partial charge in [0, 0.05) is 22.4 Å². The summed E-state index contributed by atoms with van der Waals surface area (Å²) in [5.41, 5.74) is 1.36. The Bertz CT molecular complexity index is 872. The molecular weight excluding hydrogens is 360 g/mol. The van der Waals surface area contributed by atoms with Crippen LogP contribution in [-0.2, 0) is 14.6 Å². The summed E-state index contributed by atoms with van der Waals surface area (Å²) < 4.78 is 24.0. The van der Waals surface area contributed by atoms with Crippen LogP contribution in [0, 0.1) is 5.92 Å². The summed E-state index contributed by atoms with van der Waals surface area (Å²) in [6, 6.07) is 6.81. The molecule has 0 spiro atoms. The molecule has 132 valence electrons. The van der Waals surface area contributed by atoms with Crippen LogP contribution in [0.25, 0.3) is 0 Å². The number of thioether (sulfide) groups is 1.